The van der Waals surface area contributed by atoms with Gasteiger partial charge in [-0.3, -0.25) is 0 Å². The number of methoxy groups -OCH3 is 1. The smallest absolute Gasteiger partial charge is 0.149 e. The van der Waals surface area contributed by atoms with Gasteiger partial charge >= 0.3 is 0 Å². The van der Waals surface area contributed by atoms with Crippen LogP contribution in [0.3, 0.4) is 0 Å². The van der Waals surface area contributed by atoms with Crippen molar-refractivity contribution in [3.63, 3.8) is 0 Å². The Labute approximate surface area is 173 Å². The molecule has 1 aromatic heterocycles. The van der Waals surface area contributed by atoms with Gasteiger partial charge in [0.1, 0.15) is 35.8 Å². The first kappa shape index (κ1) is 19.2. The Bertz CT molecular complexity index is 1250. The molecule has 0 saturated carbocycles. The molecule has 3 aromatic carbocycles. The summed E-state index contributed by atoms with van der Waals surface area (Å²) in [5.74, 6) is 1.57. The molecular weight excluding hydrogens is 381 g/mol. The van der Waals surface area contributed by atoms with E-state index in [1.807, 2.05) is 42.5 Å². The van der Waals surface area contributed by atoms with Crippen LogP contribution in [-0.2, 0) is 6.61 Å². The van der Waals surface area contributed by atoms with Crippen LogP contribution in [0.15, 0.2) is 66.7 Å². The molecule has 0 aliphatic heterocycles. The highest BCUT2D eigenvalue weighted by Gasteiger charge is 2.09. The zero-order valence-corrected chi connectivity index (χ0v) is 16.2. The molecule has 0 aliphatic rings. The third-order valence-electron chi connectivity index (χ3n) is 4.55. The number of hydrogen-bond donors (Lipinski definition) is 1. The van der Waals surface area contributed by atoms with Crippen LogP contribution < -0.4 is 9.47 Å². The molecule has 0 amide bonds. The first-order valence-electron chi connectivity index (χ1n) is 9.28. The summed E-state index contributed by atoms with van der Waals surface area (Å²) in [5, 5.41) is 9.65. The van der Waals surface area contributed by atoms with E-state index >= 15 is 0 Å². The van der Waals surface area contributed by atoms with E-state index in [1.54, 1.807) is 25.3 Å². The Morgan fingerprint density at radius 3 is 2.70 bits per heavy atom. The zero-order chi connectivity index (χ0) is 20.9. The van der Waals surface area contributed by atoms with Crippen LogP contribution in [0.1, 0.15) is 17.0 Å². The fourth-order valence-electron chi connectivity index (χ4n) is 3.00. The second-order valence-corrected chi connectivity index (χ2v) is 6.63. The maximum absolute atomic E-state index is 13.0. The molecule has 6 heteroatoms. The maximum atomic E-state index is 13.0. The quantitative estimate of drug-likeness (QED) is 0.444. The van der Waals surface area contributed by atoms with Crippen molar-refractivity contribution >= 4 is 22.7 Å². The van der Waals surface area contributed by atoms with Gasteiger partial charge in [-0.25, -0.2) is 9.37 Å². The highest BCUT2D eigenvalue weighted by molar-refractivity contribution is 5.90. The number of nitriles is 1. The first-order valence-corrected chi connectivity index (χ1v) is 9.28. The fourth-order valence-corrected chi connectivity index (χ4v) is 3.00. The summed E-state index contributed by atoms with van der Waals surface area (Å²) in [6.07, 6.45) is 1.75. The predicted molar refractivity (Wildman–Crippen MR) is 113 cm³/mol. The second-order valence-electron chi connectivity index (χ2n) is 6.63. The number of nitrogens with zero attached hydrogens (tertiary/aromatic N) is 2. The summed E-state index contributed by atoms with van der Waals surface area (Å²) in [6, 6.07) is 21.3. The molecule has 1 N–H and O–H groups in total. The van der Waals surface area contributed by atoms with Crippen molar-refractivity contribution in [1.29, 1.82) is 5.26 Å². The number of rotatable bonds is 6. The molecule has 4 rings (SSSR count). The number of hydrogen-bond acceptors (Lipinski definition) is 4. The molecule has 148 valence electrons. The lowest BCUT2D eigenvalue weighted by atomic mass is 10.1. The molecule has 0 radical (unpaired) electrons. The minimum absolute atomic E-state index is 0.279. The number of aromatic amines is 1. The topological polar surface area (TPSA) is 70.9 Å². The van der Waals surface area contributed by atoms with Gasteiger partial charge < -0.3 is 14.5 Å². The number of benzene rings is 3. The SMILES string of the molecule is COc1ccc2nc(/C(C#N)=C\c3cccc(OCc4ccc(F)cc4)c3)[nH]c2c1. The molecule has 0 atom stereocenters. The largest absolute Gasteiger partial charge is 0.497 e. The van der Waals surface area contributed by atoms with E-state index in [2.05, 4.69) is 16.0 Å². The molecule has 1 heterocycles. The summed E-state index contributed by atoms with van der Waals surface area (Å²) in [5.41, 5.74) is 3.63. The van der Waals surface area contributed by atoms with Gasteiger partial charge in [-0.05, 0) is 53.6 Å². The van der Waals surface area contributed by atoms with Gasteiger partial charge in [-0.2, -0.15) is 5.26 Å². The van der Waals surface area contributed by atoms with Crippen molar-refractivity contribution < 1.29 is 13.9 Å². The van der Waals surface area contributed by atoms with E-state index in [0.29, 0.717) is 29.5 Å². The minimum atomic E-state index is -0.279. The Morgan fingerprint density at radius 1 is 1.10 bits per heavy atom. The van der Waals surface area contributed by atoms with Gasteiger partial charge in [0.05, 0.1) is 23.7 Å². The van der Waals surface area contributed by atoms with Gasteiger partial charge in [-0.1, -0.05) is 24.3 Å². The lowest BCUT2D eigenvalue weighted by Gasteiger charge is -2.07. The maximum Gasteiger partial charge on any atom is 0.149 e. The number of ether oxygens (including phenoxy) is 2. The van der Waals surface area contributed by atoms with Crippen molar-refractivity contribution in [2.75, 3.05) is 7.11 Å². The van der Waals surface area contributed by atoms with Gasteiger partial charge in [0.15, 0.2) is 0 Å². The summed E-state index contributed by atoms with van der Waals surface area (Å²) in [7, 11) is 1.60. The number of fused-ring (bicyclic) bond motifs is 1. The van der Waals surface area contributed by atoms with E-state index < -0.39 is 0 Å². The average Bonchev–Trinajstić information content (AvgIpc) is 3.20. The van der Waals surface area contributed by atoms with Gasteiger partial charge in [0.2, 0.25) is 0 Å². The third-order valence-corrected chi connectivity index (χ3v) is 4.55. The zero-order valence-electron chi connectivity index (χ0n) is 16.2. The van der Waals surface area contributed by atoms with Crippen molar-refractivity contribution in [2.24, 2.45) is 0 Å². The van der Waals surface area contributed by atoms with E-state index in [4.69, 9.17) is 9.47 Å². The average molecular weight is 399 g/mol. The summed E-state index contributed by atoms with van der Waals surface area (Å²) in [4.78, 5) is 7.66. The molecule has 0 saturated heterocycles. The molecule has 4 aromatic rings. The standard InChI is InChI=1S/C24H18FN3O2/c1-29-20-9-10-22-23(13-20)28-24(27-22)18(14-26)11-17-3-2-4-21(12-17)30-15-16-5-7-19(25)8-6-16/h2-13H,15H2,1H3,(H,27,28)/b18-11-. The monoisotopic (exact) mass is 399 g/mol. The minimum Gasteiger partial charge on any atom is -0.497 e. The molecule has 0 unspecified atom stereocenters. The second kappa shape index (κ2) is 8.50. The normalized spacial score (nSPS) is 11.3. The lowest BCUT2D eigenvalue weighted by molar-refractivity contribution is 0.306. The predicted octanol–water partition coefficient (Wildman–Crippen LogP) is 5.35. The van der Waals surface area contributed by atoms with Gasteiger partial charge in [0, 0.05) is 6.07 Å². The highest BCUT2D eigenvalue weighted by atomic mass is 19.1. The molecule has 0 bridgehead atoms. The number of H-pyrrole nitrogens is 1. The molecule has 0 spiro atoms. The first-order chi connectivity index (χ1) is 14.6. The van der Waals surface area contributed by atoms with Gasteiger partial charge in [0.25, 0.3) is 0 Å². The molecular formula is C24H18FN3O2. The Kier molecular flexibility index (Phi) is 5.44. The number of imidazole rings is 1. The van der Waals surface area contributed by atoms with Crippen molar-refractivity contribution in [1.82, 2.24) is 9.97 Å². The lowest BCUT2D eigenvalue weighted by Crippen LogP contribution is -1.95. The van der Waals surface area contributed by atoms with Crippen molar-refractivity contribution in [3.05, 3.63) is 89.5 Å². The van der Waals surface area contributed by atoms with Crippen LogP contribution in [-0.4, -0.2) is 17.1 Å². The van der Waals surface area contributed by atoms with E-state index in [9.17, 15) is 9.65 Å². The van der Waals surface area contributed by atoms with Crippen molar-refractivity contribution in [3.8, 4) is 17.6 Å². The number of allylic oxidation sites excluding steroid dienone is 1. The number of aromatic nitrogens is 2. The highest BCUT2D eigenvalue weighted by Crippen LogP contribution is 2.24. The molecule has 0 aliphatic carbocycles. The van der Waals surface area contributed by atoms with E-state index in [0.717, 1.165) is 22.2 Å². The number of halogens is 1. The van der Waals surface area contributed by atoms with Crippen LogP contribution in [0.4, 0.5) is 4.39 Å². The Hall–Kier alpha value is -4.11. The summed E-state index contributed by atoms with van der Waals surface area (Å²) >= 11 is 0. The molecule has 0 fully saturated rings. The van der Waals surface area contributed by atoms with Gasteiger partial charge in [-0.15, -0.1) is 0 Å². The van der Waals surface area contributed by atoms with Crippen LogP contribution in [0.5, 0.6) is 11.5 Å². The van der Waals surface area contributed by atoms with Crippen LogP contribution in [0.2, 0.25) is 0 Å². The molecule has 5 nitrogen and oxygen atoms in total. The fraction of sp³-hybridized carbons (Fsp3) is 0.0833. The van der Waals surface area contributed by atoms with Crippen LogP contribution >= 0.6 is 0 Å². The van der Waals surface area contributed by atoms with E-state index in [-0.39, 0.29) is 5.82 Å². The van der Waals surface area contributed by atoms with Crippen molar-refractivity contribution in [2.45, 2.75) is 6.61 Å². The Balaban J connectivity index is 1.56. The third kappa shape index (κ3) is 4.31. The number of nitrogens with one attached hydrogen (secondary N) is 1. The summed E-state index contributed by atoms with van der Waals surface area (Å²) in [6.45, 7) is 0.323. The summed E-state index contributed by atoms with van der Waals surface area (Å²) < 4.78 is 24.0. The van der Waals surface area contributed by atoms with Crippen LogP contribution in [0, 0.1) is 17.1 Å². The Morgan fingerprint density at radius 2 is 1.93 bits per heavy atom. The molecule has 30 heavy (non-hydrogen) atoms. The van der Waals surface area contributed by atoms with E-state index in [1.165, 1.54) is 12.1 Å². The van der Waals surface area contributed by atoms with Crippen LogP contribution in [0.25, 0.3) is 22.7 Å².